The van der Waals surface area contributed by atoms with Gasteiger partial charge in [0.2, 0.25) is 5.79 Å². The second-order valence-corrected chi connectivity index (χ2v) is 8.07. The van der Waals surface area contributed by atoms with E-state index < -0.39 is 79.9 Å². The fourth-order valence-electron chi connectivity index (χ4n) is 3.24. The molecule has 1 spiro atoms. The average Bonchev–Trinajstić information content (AvgIpc) is 2.71. The Morgan fingerprint density at radius 3 is 1.71 bits per heavy atom. The summed E-state index contributed by atoms with van der Waals surface area (Å²) in [6, 6.07) is 0. The summed E-state index contributed by atoms with van der Waals surface area (Å²) in [5.41, 5.74) is -2.01. The third kappa shape index (κ3) is 6.90. The molecule has 1 saturated heterocycles. The lowest BCUT2D eigenvalue weighted by Gasteiger charge is -2.49. The summed E-state index contributed by atoms with van der Waals surface area (Å²) in [5, 5.41) is 0. The number of carbonyl (C=O) groups is 3. The van der Waals surface area contributed by atoms with E-state index in [-0.39, 0.29) is 12.8 Å². The van der Waals surface area contributed by atoms with Crippen LogP contribution in [0.5, 0.6) is 0 Å². The van der Waals surface area contributed by atoms with E-state index >= 15 is 0 Å². The maximum Gasteiger partial charge on any atom is 0.490 e. The molecular formula is C18H20F8O8. The smallest absolute Gasteiger partial charge is 0.458 e. The summed E-state index contributed by atoms with van der Waals surface area (Å²) in [6.07, 6.45) is -11.4. The van der Waals surface area contributed by atoms with Crippen molar-refractivity contribution in [2.75, 3.05) is 26.4 Å². The van der Waals surface area contributed by atoms with Crippen molar-refractivity contribution < 1.29 is 73.2 Å². The van der Waals surface area contributed by atoms with Crippen molar-refractivity contribution in [3.63, 3.8) is 0 Å². The van der Waals surface area contributed by atoms with E-state index in [1.165, 1.54) is 0 Å². The topological polar surface area (TPSA) is 97.4 Å². The zero-order valence-electron chi connectivity index (χ0n) is 17.5. The SMILES string of the molecule is CC(F)(F)C(=O)OC1CCCCC12OCC(COC(=O)C(F)(F)F)(COC(=O)C(F)(F)F)CO2. The Morgan fingerprint density at radius 2 is 1.29 bits per heavy atom. The number of ether oxygens (including phenoxy) is 5. The first-order valence-electron chi connectivity index (χ1n) is 9.75. The highest BCUT2D eigenvalue weighted by Crippen LogP contribution is 2.42. The Bertz CT molecular complexity index is 733. The molecule has 1 aliphatic carbocycles. The Labute approximate surface area is 186 Å². The maximum atomic E-state index is 13.3. The lowest BCUT2D eigenvalue weighted by Crippen LogP contribution is -2.61. The second-order valence-electron chi connectivity index (χ2n) is 8.07. The fraction of sp³-hybridized carbons (Fsp3) is 0.833. The van der Waals surface area contributed by atoms with Crippen molar-refractivity contribution in [2.24, 2.45) is 5.41 Å². The van der Waals surface area contributed by atoms with Crippen molar-refractivity contribution in [1.29, 1.82) is 0 Å². The Balaban J connectivity index is 2.18. The highest BCUT2D eigenvalue weighted by atomic mass is 19.4. The van der Waals surface area contributed by atoms with Gasteiger partial charge in [0.1, 0.15) is 13.2 Å². The van der Waals surface area contributed by atoms with Gasteiger partial charge in [0.25, 0.3) is 0 Å². The number of esters is 3. The van der Waals surface area contributed by atoms with E-state index in [0.717, 1.165) is 0 Å². The van der Waals surface area contributed by atoms with Gasteiger partial charge in [0, 0.05) is 13.3 Å². The molecule has 0 bridgehead atoms. The number of hydrogen-bond acceptors (Lipinski definition) is 8. The first-order valence-corrected chi connectivity index (χ1v) is 9.75. The van der Waals surface area contributed by atoms with E-state index in [4.69, 9.17) is 14.2 Å². The van der Waals surface area contributed by atoms with Crippen molar-refractivity contribution in [2.45, 2.75) is 62.8 Å². The molecular weight excluding hydrogens is 496 g/mol. The van der Waals surface area contributed by atoms with Crippen LogP contribution in [-0.4, -0.2) is 74.5 Å². The predicted molar refractivity (Wildman–Crippen MR) is 90.1 cm³/mol. The average molecular weight is 516 g/mol. The molecule has 16 heteroatoms. The molecule has 1 heterocycles. The normalized spacial score (nSPS) is 22.7. The summed E-state index contributed by atoms with van der Waals surface area (Å²) in [4.78, 5) is 33.7. The molecule has 34 heavy (non-hydrogen) atoms. The third-order valence-electron chi connectivity index (χ3n) is 5.07. The summed E-state index contributed by atoms with van der Waals surface area (Å²) in [7, 11) is 0. The highest BCUT2D eigenvalue weighted by Gasteiger charge is 2.55. The molecule has 2 aliphatic rings. The lowest BCUT2D eigenvalue weighted by atomic mass is 9.86. The largest absolute Gasteiger partial charge is 0.490 e. The van der Waals surface area contributed by atoms with Crippen molar-refractivity contribution >= 4 is 17.9 Å². The van der Waals surface area contributed by atoms with Gasteiger partial charge in [-0.15, -0.1) is 0 Å². The van der Waals surface area contributed by atoms with Crippen molar-refractivity contribution in [3.8, 4) is 0 Å². The van der Waals surface area contributed by atoms with E-state index in [2.05, 4.69) is 9.47 Å². The van der Waals surface area contributed by atoms with Gasteiger partial charge in [-0.05, 0) is 19.3 Å². The monoisotopic (exact) mass is 516 g/mol. The minimum Gasteiger partial charge on any atom is -0.458 e. The van der Waals surface area contributed by atoms with Crippen molar-refractivity contribution in [3.05, 3.63) is 0 Å². The van der Waals surface area contributed by atoms with Crippen LogP contribution in [-0.2, 0) is 38.1 Å². The molecule has 0 N–H and O–H groups in total. The molecule has 196 valence electrons. The van der Waals surface area contributed by atoms with Gasteiger partial charge in [0.05, 0.1) is 18.6 Å². The van der Waals surface area contributed by atoms with Crippen LogP contribution < -0.4 is 0 Å². The molecule has 0 radical (unpaired) electrons. The van der Waals surface area contributed by atoms with Gasteiger partial charge in [-0.1, -0.05) is 0 Å². The zero-order chi connectivity index (χ0) is 26.0. The fourth-order valence-corrected chi connectivity index (χ4v) is 3.24. The van der Waals surface area contributed by atoms with E-state index in [1.54, 1.807) is 0 Å². The predicted octanol–water partition coefficient (Wildman–Crippen LogP) is 3.07. The molecule has 1 unspecified atom stereocenters. The van der Waals surface area contributed by atoms with Crippen LogP contribution in [0.15, 0.2) is 0 Å². The van der Waals surface area contributed by atoms with E-state index in [9.17, 15) is 49.5 Å². The minimum absolute atomic E-state index is 0.0129. The first kappa shape index (κ1) is 28.0. The van der Waals surface area contributed by atoms with E-state index in [0.29, 0.717) is 19.8 Å². The Kier molecular flexibility index (Phi) is 8.07. The highest BCUT2D eigenvalue weighted by molar-refractivity contribution is 5.77. The summed E-state index contributed by atoms with van der Waals surface area (Å²) in [5.74, 6) is -12.9. The van der Waals surface area contributed by atoms with Gasteiger partial charge in [-0.3, -0.25) is 0 Å². The lowest BCUT2D eigenvalue weighted by molar-refractivity contribution is -0.355. The minimum atomic E-state index is -5.42. The summed E-state index contributed by atoms with van der Waals surface area (Å²) < 4.78 is 125. The van der Waals surface area contributed by atoms with E-state index in [1.807, 2.05) is 0 Å². The van der Waals surface area contributed by atoms with Gasteiger partial charge < -0.3 is 23.7 Å². The molecule has 0 aromatic heterocycles. The maximum absolute atomic E-state index is 13.3. The summed E-state index contributed by atoms with van der Waals surface area (Å²) in [6.45, 7) is -3.70. The van der Waals surface area contributed by atoms with Crippen LogP contribution in [0.25, 0.3) is 0 Å². The van der Waals surface area contributed by atoms with Crippen molar-refractivity contribution in [1.82, 2.24) is 0 Å². The summed E-state index contributed by atoms with van der Waals surface area (Å²) >= 11 is 0. The first-order chi connectivity index (χ1) is 15.4. The molecule has 0 amide bonds. The number of hydrogen-bond donors (Lipinski definition) is 0. The number of alkyl halides is 8. The molecule has 0 aromatic carbocycles. The van der Waals surface area contributed by atoms with Gasteiger partial charge in [0.15, 0.2) is 6.10 Å². The third-order valence-corrected chi connectivity index (χ3v) is 5.07. The van der Waals surface area contributed by atoms with Gasteiger partial charge >= 0.3 is 36.2 Å². The molecule has 8 nitrogen and oxygen atoms in total. The number of halogens is 8. The molecule has 1 saturated carbocycles. The van der Waals surface area contributed by atoms with Gasteiger partial charge in [-0.2, -0.15) is 35.1 Å². The van der Waals surface area contributed by atoms with Crippen LogP contribution in [0.2, 0.25) is 0 Å². The molecule has 2 rings (SSSR count). The van der Waals surface area contributed by atoms with Crippen LogP contribution >= 0.6 is 0 Å². The molecule has 2 fully saturated rings. The number of carbonyl (C=O) groups excluding carboxylic acids is 3. The Morgan fingerprint density at radius 1 is 0.824 bits per heavy atom. The molecule has 1 aliphatic heterocycles. The molecule has 1 atom stereocenters. The number of rotatable bonds is 6. The second kappa shape index (κ2) is 9.79. The van der Waals surface area contributed by atoms with Crippen LogP contribution in [0.1, 0.15) is 32.6 Å². The molecule has 0 aromatic rings. The van der Waals surface area contributed by atoms with Crippen LogP contribution in [0, 0.1) is 5.41 Å². The van der Waals surface area contributed by atoms with Crippen LogP contribution in [0.3, 0.4) is 0 Å². The zero-order valence-corrected chi connectivity index (χ0v) is 17.5. The quantitative estimate of drug-likeness (QED) is 0.302. The van der Waals surface area contributed by atoms with Crippen LogP contribution in [0.4, 0.5) is 35.1 Å². The standard InChI is InChI=1S/C18H20F8O8/c1-14(19,20)11(27)34-10-4-2-3-5-16(10)32-8-15(9-33-16,6-30-12(28)17(21,22)23)7-31-13(29)18(24,25)26/h10H,2-9H2,1H3. The Hall–Kier alpha value is -2.23. The van der Waals surface area contributed by atoms with Gasteiger partial charge in [-0.25, -0.2) is 14.4 Å².